The molecule has 0 aromatic heterocycles. The van der Waals surface area contributed by atoms with E-state index in [9.17, 15) is 4.79 Å². The van der Waals surface area contributed by atoms with Gasteiger partial charge in [-0.25, -0.2) is 0 Å². The molecule has 2 N–H and O–H groups in total. The lowest BCUT2D eigenvalue weighted by Crippen LogP contribution is -2.52. The van der Waals surface area contributed by atoms with Crippen LogP contribution >= 0.6 is 12.4 Å². The first-order chi connectivity index (χ1) is 12.1. The van der Waals surface area contributed by atoms with Crippen LogP contribution in [0, 0.1) is 11.8 Å². The molecule has 1 aromatic rings. The number of hydrogen-bond acceptors (Lipinski definition) is 3. The molecule has 0 aliphatic heterocycles. The standard InChI is InChI=1S/C21H32N2O2.ClH/c1-23(19-8-5-9-19)21(24)20(22)18-12-10-17(11-13-18)15-25-14-16-6-3-2-4-7-16;/h2-4,6-7,17-20H,5,8-15,22H2,1H3;1H/t17?,18?,20-;/m0./s1. The molecule has 0 spiro atoms. The molecule has 0 unspecified atom stereocenters. The van der Waals surface area contributed by atoms with Gasteiger partial charge in [0.2, 0.25) is 5.91 Å². The number of nitrogens with two attached hydrogens (primary N) is 1. The summed E-state index contributed by atoms with van der Waals surface area (Å²) in [6.45, 7) is 1.50. The minimum absolute atomic E-state index is 0. The van der Waals surface area contributed by atoms with Gasteiger partial charge in [-0.3, -0.25) is 4.79 Å². The Balaban J connectivity index is 0.00000243. The molecule has 146 valence electrons. The highest BCUT2D eigenvalue weighted by Gasteiger charge is 2.34. The number of benzene rings is 1. The predicted octanol–water partition coefficient (Wildman–Crippen LogP) is 3.77. The zero-order valence-corrected chi connectivity index (χ0v) is 16.6. The molecule has 2 fully saturated rings. The molecule has 1 aromatic carbocycles. The van der Waals surface area contributed by atoms with E-state index in [2.05, 4.69) is 12.1 Å². The Bertz CT molecular complexity index is 542. The number of likely N-dealkylation sites (N-methyl/N-ethyl adjacent to an activating group) is 1. The third-order valence-corrected chi connectivity index (χ3v) is 6.12. The Morgan fingerprint density at radius 1 is 1.15 bits per heavy atom. The van der Waals surface area contributed by atoms with Crippen molar-refractivity contribution in [3.63, 3.8) is 0 Å². The van der Waals surface area contributed by atoms with Crippen molar-refractivity contribution in [2.45, 2.75) is 63.6 Å². The Morgan fingerprint density at radius 3 is 2.38 bits per heavy atom. The molecule has 1 amide bonds. The van der Waals surface area contributed by atoms with E-state index < -0.39 is 0 Å². The van der Waals surface area contributed by atoms with Gasteiger partial charge in [0.15, 0.2) is 0 Å². The number of carbonyl (C=O) groups excluding carboxylic acids is 1. The average Bonchev–Trinajstić information content (AvgIpc) is 2.60. The van der Waals surface area contributed by atoms with Gasteiger partial charge in [0, 0.05) is 19.7 Å². The van der Waals surface area contributed by atoms with Gasteiger partial charge in [-0.2, -0.15) is 0 Å². The molecule has 1 atom stereocenters. The largest absolute Gasteiger partial charge is 0.376 e. The summed E-state index contributed by atoms with van der Waals surface area (Å²) in [5, 5.41) is 0. The van der Waals surface area contributed by atoms with Crippen LogP contribution in [0.4, 0.5) is 0 Å². The van der Waals surface area contributed by atoms with Gasteiger partial charge in [-0.05, 0) is 62.3 Å². The van der Waals surface area contributed by atoms with Crippen molar-refractivity contribution in [3.8, 4) is 0 Å². The van der Waals surface area contributed by atoms with E-state index in [0.29, 0.717) is 24.5 Å². The van der Waals surface area contributed by atoms with E-state index in [1.54, 1.807) is 0 Å². The number of nitrogens with zero attached hydrogens (tertiary/aromatic N) is 1. The molecule has 3 rings (SSSR count). The second kappa shape index (κ2) is 10.3. The zero-order chi connectivity index (χ0) is 17.6. The van der Waals surface area contributed by atoms with Gasteiger partial charge in [0.1, 0.15) is 0 Å². The van der Waals surface area contributed by atoms with Gasteiger partial charge in [0.05, 0.1) is 12.6 Å². The van der Waals surface area contributed by atoms with Gasteiger partial charge in [-0.1, -0.05) is 30.3 Å². The van der Waals surface area contributed by atoms with Crippen molar-refractivity contribution in [1.82, 2.24) is 4.90 Å². The first-order valence-electron chi connectivity index (χ1n) is 9.79. The second-order valence-electron chi connectivity index (χ2n) is 7.84. The van der Waals surface area contributed by atoms with Crippen LogP contribution in [-0.2, 0) is 16.1 Å². The Morgan fingerprint density at radius 2 is 1.81 bits per heavy atom. The summed E-state index contributed by atoms with van der Waals surface area (Å²) in [6, 6.07) is 10.4. The maximum atomic E-state index is 12.6. The summed E-state index contributed by atoms with van der Waals surface area (Å²) in [5.74, 6) is 1.08. The summed E-state index contributed by atoms with van der Waals surface area (Å²) in [7, 11) is 1.93. The van der Waals surface area contributed by atoms with Gasteiger partial charge < -0.3 is 15.4 Å². The zero-order valence-electron chi connectivity index (χ0n) is 15.8. The number of ether oxygens (including phenoxy) is 1. The van der Waals surface area contributed by atoms with E-state index in [4.69, 9.17) is 10.5 Å². The van der Waals surface area contributed by atoms with E-state index in [-0.39, 0.29) is 24.4 Å². The number of hydrogen-bond donors (Lipinski definition) is 1. The van der Waals surface area contributed by atoms with Crippen molar-refractivity contribution in [3.05, 3.63) is 35.9 Å². The molecular weight excluding hydrogens is 348 g/mol. The summed E-state index contributed by atoms with van der Waals surface area (Å²) >= 11 is 0. The summed E-state index contributed by atoms with van der Waals surface area (Å²) in [5.41, 5.74) is 7.53. The highest BCUT2D eigenvalue weighted by atomic mass is 35.5. The summed E-state index contributed by atoms with van der Waals surface area (Å²) in [6.07, 6.45) is 7.85. The first kappa shape index (κ1) is 21.2. The molecular formula is C21H33ClN2O2. The molecule has 4 nitrogen and oxygen atoms in total. The summed E-state index contributed by atoms with van der Waals surface area (Å²) < 4.78 is 5.89. The number of carbonyl (C=O) groups is 1. The smallest absolute Gasteiger partial charge is 0.239 e. The lowest BCUT2D eigenvalue weighted by molar-refractivity contribution is -0.136. The second-order valence-corrected chi connectivity index (χ2v) is 7.84. The Hall–Kier alpha value is -1.10. The number of halogens is 1. The summed E-state index contributed by atoms with van der Waals surface area (Å²) in [4.78, 5) is 14.5. The third kappa shape index (κ3) is 5.45. The van der Waals surface area contributed by atoms with Crippen LogP contribution < -0.4 is 5.73 Å². The minimum Gasteiger partial charge on any atom is -0.376 e. The van der Waals surface area contributed by atoms with Crippen LogP contribution in [0.25, 0.3) is 0 Å². The van der Waals surface area contributed by atoms with E-state index >= 15 is 0 Å². The molecule has 0 saturated heterocycles. The van der Waals surface area contributed by atoms with Crippen molar-refractivity contribution in [1.29, 1.82) is 0 Å². The van der Waals surface area contributed by atoms with E-state index in [1.165, 1.54) is 12.0 Å². The van der Waals surface area contributed by atoms with Crippen molar-refractivity contribution in [2.75, 3.05) is 13.7 Å². The van der Waals surface area contributed by atoms with Crippen molar-refractivity contribution >= 4 is 18.3 Å². The molecule has 0 radical (unpaired) electrons. The first-order valence-corrected chi connectivity index (χ1v) is 9.79. The Kier molecular flexibility index (Phi) is 8.39. The van der Waals surface area contributed by atoms with Crippen LogP contribution in [0.2, 0.25) is 0 Å². The van der Waals surface area contributed by atoms with Crippen LogP contribution in [0.3, 0.4) is 0 Å². The molecule has 2 saturated carbocycles. The normalized spacial score (nSPS) is 24.2. The molecule has 0 bridgehead atoms. The molecule has 2 aliphatic rings. The highest BCUT2D eigenvalue weighted by Crippen LogP contribution is 2.32. The Labute approximate surface area is 163 Å². The fourth-order valence-corrected chi connectivity index (χ4v) is 4.02. The SMILES string of the molecule is CN(C(=O)[C@@H](N)C1CCC(COCc2ccccc2)CC1)C1CCC1.Cl. The fraction of sp³-hybridized carbons (Fsp3) is 0.667. The number of rotatable bonds is 7. The van der Waals surface area contributed by atoms with E-state index in [0.717, 1.165) is 45.1 Å². The van der Waals surface area contributed by atoms with Gasteiger partial charge >= 0.3 is 0 Å². The maximum absolute atomic E-state index is 12.6. The van der Waals surface area contributed by atoms with E-state index in [1.807, 2.05) is 30.1 Å². The number of amides is 1. The van der Waals surface area contributed by atoms with Crippen LogP contribution in [0.1, 0.15) is 50.5 Å². The topological polar surface area (TPSA) is 55.6 Å². The van der Waals surface area contributed by atoms with Crippen LogP contribution in [-0.4, -0.2) is 36.5 Å². The average molecular weight is 381 g/mol. The fourth-order valence-electron chi connectivity index (χ4n) is 4.02. The monoisotopic (exact) mass is 380 g/mol. The lowest BCUT2D eigenvalue weighted by atomic mass is 9.78. The highest BCUT2D eigenvalue weighted by molar-refractivity contribution is 5.85. The predicted molar refractivity (Wildman–Crippen MR) is 107 cm³/mol. The van der Waals surface area contributed by atoms with Gasteiger partial charge in [0.25, 0.3) is 0 Å². The van der Waals surface area contributed by atoms with Crippen molar-refractivity contribution < 1.29 is 9.53 Å². The third-order valence-electron chi connectivity index (χ3n) is 6.12. The van der Waals surface area contributed by atoms with Gasteiger partial charge in [-0.15, -0.1) is 12.4 Å². The minimum atomic E-state index is -0.322. The van der Waals surface area contributed by atoms with Crippen molar-refractivity contribution in [2.24, 2.45) is 17.6 Å². The molecule has 5 heteroatoms. The molecule has 2 aliphatic carbocycles. The molecule has 0 heterocycles. The lowest BCUT2D eigenvalue weighted by Gasteiger charge is -2.38. The maximum Gasteiger partial charge on any atom is 0.239 e. The molecule has 26 heavy (non-hydrogen) atoms. The van der Waals surface area contributed by atoms with Crippen LogP contribution in [0.15, 0.2) is 30.3 Å². The van der Waals surface area contributed by atoms with Crippen LogP contribution in [0.5, 0.6) is 0 Å². The quantitative estimate of drug-likeness (QED) is 0.783.